The lowest BCUT2D eigenvalue weighted by Gasteiger charge is -2.41. The van der Waals surface area contributed by atoms with Gasteiger partial charge in [0.1, 0.15) is 0 Å². The molecule has 2 nitrogen and oxygen atoms in total. The summed E-state index contributed by atoms with van der Waals surface area (Å²) in [6.45, 7) is 4.78. The van der Waals surface area contributed by atoms with Crippen LogP contribution in [-0.4, -0.2) is 10.6 Å². The molecule has 1 heterocycles. The third-order valence-corrected chi connectivity index (χ3v) is 13.5. The van der Waals surface area contributed by atoms with Crippen LogP contribution in [0.5, 0.6) is 0 Å². The van der Waals surface area contributed by atoms with E-state index in [1.165, 1.54) is 83.4 Å². The van der Waals surface area contributed by atoms with Crippen molar-refractivity contribution in [3.63, 3.8) is 0 Å². The number of benzene rings is 7. The first-order valence-electron chi connectivity index (χ1n) is 21.4. The first kappa shape index (κ1) is 35.5. The molecule has 286 valence electrons. The van der Waals surface area contributed by atoms with Crippen LogP contribution in [0.15, 0.2) is 206 Å². The second-order valence-corrected chi connectivity index (χ2v) is 17.0. The summed E-state index contributed by atoms with van der Waals surface area (Å²) in [4.78, 5) is 2.65. The molecular formula is C57H48N2. The largest absolute Gasteiger partial charge is 0.338 e. The highest BCUT2D eigenvalue weighted by molar-refractivity contribution is 6.10. The number of allylic oxidation sites excluding steroid dienone is 5. The average Bonchev–Trinajstić information content (AvgIpc) is 3.78. The molecule has 4 atom stereocenters. The number of aromatic nitrogens is 1. The van der Waals surface area contributed by atoms with Crippen molar-refractivity contribution in [2.45, 2.75) is 44.6 Å². The lowest BCUT2D eigenvalue weighted by molar-refractivity contribution is 0.446. The smallest absolute Gasteiger partial charge is 0.0711 e. The van der Waals surface area contributed by atoms with E-state index in [0.717, 1.165) is 19.3 Å². The first-order chi connectivity index (χ1) is 29.1. The second-order valence-electron chi connectivity index (χ2n) is 17.0. The van der Waals surface area contributed by atoms with Gasteiger partial charge in [-0.25, -0.2) is 0 Å². The van der Waals surface area contributed by atoms with Crippen molar-refractivity contribution in [3.8, 4) is 16.8 Å². The Morgan fingerprint density at radius 3 is 2.03 bits per heavy atom. The summed E-state index contributed by atoms with van der Waals surface area (Å²) in [5, 5.41) is 2.60. The zero-order valence-corrected chi connectivity index (χ0v) is 33.8. The molecule has 0 amide bonds. The van der Waals surface area contributed by atoms with Crippen LogP contribution in [0.25, 0.3) is 44.2 Å². The molecule has 3 aliphatic carbocycles. The molecule has 0 saturated heterocycles. The van der Waals surface area contributed by atoms with E-state index in [9.17, 15) is 0 Å². The van der Waals surface area contributed by atoms with Crippen molar-refractivity contribution in [3.05, 3.63) is 228 Å². The van der Waals surface area contributed by atoms with Gasteiger partial charge in [0.05, 0.1) is 16.4 Å². The van der Waals surface area contributed by atoms with E-state index in [0.29, 0.717) is 11.8 Å². The number of nitrogens with zero attached hydrogens (tertiary/aromatic N) is 2. The van der Waals surface area contributed by atoms with Gasteiger partial charge in [0.15, 0.2) is 0 Å². The van der Waals surface area contributed by atoms with E-state index in [2.05, 4.69) is 224 Å². The van der Waals surface area contributed by atoms with E-state index >= 15 is 0 Å². The van der Waals surface area contributed by atoms with Gasteiger partial charge in [0.2, 0.25) is 0 Å². The fourth-order valence-electron chi connectivity index (χ4n) is 10.7. The summed E-state index contributed by atoms with van der Waals surface area (Å²) in [6, 6.07) is 65.8. The van der Waals surface area contributed by atoms with Gasteiger partial charge >= 0.3 is 0 Å². The summed E-state index contributed by atoms with van der Waals surface area (Å²) in [6.07, 6.45) is 12.9. The number of hydrogen-bond donors (Lipinski definition) is 0. The Hall–Kier alpha value is -6.64. The predicted octanol–water partition coefficient (Wildman–Crippen LogP) is 14.6. The maximum Gasteiger partial charge on any atom is 0.0711 e. The molecule has 2 heteroatoms. The number of anilines is 2. The van der Waals surface area contributed by atoms with Crippen molar-refractivity contribution >= 4 is 38.8 Å². The SMILES string of the molecule is CC1C=CC(C2(c3ccccc3)c3ccccc3-c3ccc(N(c4ccccc4)C4CC=C(c5ccc6c(c5)c5ccccc5n6-c5ccccc5)C[C@H]4C)cc32)=CC1. The first-order valence-corrected chi connectivity index (χ1v) is 21.4. The molecule has 3 aliphatic rings. The maximum absolute atomic E-state index is 2.65. The molecule has 3 unspecified atom stereocenters. The molecule has 0 N–H and O–H groups in total. The lowest BCUT2D eigenvalue weighted by Crippen LogP contribution is -2.38. The molecular weight excluding hydrogens is 713 g/mol. The van der Waals surface area contributed by atoms with Gasteiger partial charge in [-0.2, -0.15) is 0 Å². The fraction of sp³-hybridized carbons (Fsp3) is 0.158. The zero-order valence-electron chi connectivity index (χ0n) is 33.8. The summed E-state index contributed by atoms with van der Waals surface area (Å²) >= 11 is 0. The summed E-state index contributed by atoms with van der Waals surface area (Å²) in [5.41, 5.74) is 16.6. The van der Waals surface area contributed by atoms with E-state index in [1.807, 2.05) is 0 Å². The van der Waals surface area contributed by atoms with Crippen molar-refractivity contribution in [1.29, 1.82) is 0 Å². The van der Waals surface area contributed by atoms with Gasteiger partial charge in [-0.1, -0.05) is 159 Å². The van der Waals surface area contributed by atoms with Crippen LogP contribution in [0, 0.1) is 11.8 Å². The highest BCUT2D eigenvalue weighted by Crippen LogP contribution is 2.58. The number of para-hydroxylation sites is 3. The van der Waals surface area contributed by atoms with E-state index in [-0.39, 0.29) is 6.04 Å². The highest BCUT2D eigenvalue weighted by Gasteiger charge is 2.47. The topological polar surface area (TPSA) is 8.17 Å². The maximum atomic E-state index is 2.65. The number of fused-ring (bicyclic) bond motifs is 6. The minimum Gasteiger partial charge on any atom is -0.338 e. The predicted molar refractivity (Wildman–Crippen MR) is 249 cm³/mol. The lowest BCUT2D eigenvalue weighted by atomic mass is 9.65. The summed E-state index contributed by atoms with van der Waals surface area (Å²) in [7, 11) is 0. The Balaban J connectivity index is 1.02. The molecule has 0 saturated carbocycles. The molecule has 11 rings (SSSR count). The third-order valence-electron chi connectivity index (χ3n) is 13.5. The normalized spacial score (nSPS) is 20.9. The van der Waals surface area contributed by atoms with Crippen LogP contribution in [0.1, 0.15) is 55.4 Å². The van der Waals surface area contributed by atoms with Gasteiger partial charge in [-0.05, 0) is 130 Å². The third kappa shape index (κ3) is 5.69. The van der Waals surface area contributed by atoms with E-state index in [1.54, 1.807) is 0 Å². The van der Waals surface area contributed by atoms with Gasteiger partial charge < -0.3 is 9.47 Å². The standard InChI is InChI=1S/C57H48N2/c1-39-26-30-44(31-27-39)57(43-16-6-3-7-17-43)52-24-14-12-22-48(52)49-33-32-47(38-53(49)57)58(45-18-8-4-9-19-45)54-34-28-41(36-40(54)2)42-29-35-56-51(37-42)50-23-13-15-25-55(50)59(56)46-20-10-5-11-21-46/h3-26,28-33,35,37-40,54H,27,34,36H2,1-2H3/t39?,40-,54?,57?/m1/s1. The number of hydrogen-bond acceptors (Lipinski definition) is 1. The Kier molecular flexibility index (Phi) is 8.62. The molecule has 0 fully saturated rings. The molecule has 0 aliphatic heterocycles. The molecule has 59 heavy (non-hydrogen) atoms. The second kappa shape index (κ2) is 14.3. The molecule has 0 spiro atoms. The molecule has 0 radical (unpaired) electrons. The summed E-state index contributed by atoms with van der Waals surface area (Å²) < 4.78 is 2.41. The minimum absolute atomic E-state index is 0.285. The summed E-state index contributed by atoms with van der Waals surface area (Å²) in [5.74, 6) is 0.941. The Labute approximate surface area is 348 Å². The molecule has 0 bridgehead atoms. The van der Waals surface area contributed by atoms with Crippen LogP contribution in [-0.2, 0) is 5.41 Å². The Morgan fingerprint density at radius 1 is 0.559 bits per heavy atom. The van der Waals surface area contributed by atoms with Gasteiger partial charge in [-0.3, -0.25) is 0 Å². The van der Waals surface area contributed by atoms with Crippen LogP contribution < -0.4 is 4.90 Å². The van der Waals surface area contributed by atoms with Crippen molar-refractivity contribution in [2.75, 3.05) is 4.90 Å². The Morgan fingerprint density at radius 2 is 1.25 bits per heavy atom. The quantitative estimate of drug-likeness (QED) is 0.157. The highest BCUT2D eigenvalue weighted by atomic mass is 15.2. The van der Waals surface area contributed by atoms with Crippen molar-refractivity contribution in [1.82, 2.24) is 4.57 Å². The van der Waals surface area contributed by atoms with Crippen LogP contribution in [0.3, 0.4) is 0 Å². The van der Waals surface area contributed by atoms with E-state index < -0.39 is 5.41 Å². The molecule has 8 aromatic rings. The molecule has 7 aromatic carbocycles. The van der Waals surface area contributed by atoms with E-state index in [4.69, 9.17) is 0 Å². The van der Waals surface area contributed by atoms with Crippen LogP contribution >= 0.6 is 0 Å². The van der Waals surface area contributed by atoms with Gasteiger partial charge in [-0.15, -0.1) is 0 Å². The van der Waals surface area contributed by atoms with Crippen molar-refractivity contribution in [2.24, 2.45) is 11.8 Å². The fourth-order valence-corrected chi connectivity index (χ4v) is 10.7. The minimum atomic E-state index is -0.407. The van der Waals surface area contributed by atoms with Crippen LogP contribution in [0.2, 0.25) is 0 Å². The van der Waals surface area contributed by atoms with Crippen molar-refractivity contribution < 1.29 is 0 Å². The monoisotopic (exact) mass is 760 g/mol. The van der Waals surface area contributed by atoms with Gasteiger partial charge in [0.25, 0.3) is 0 Å². The number of rotatable bonds is 7. The van der Waals surface area contributed by atoms with Crippen LogP contribution in [0.4, 0.5) is 11.4 Å². The Bertz CT molecular complexity index is 2950. The van der Waals surface area contributed by atoms with Gasteiger partial charge in [0, 0.05) is 33.9 Å². The molecule has 1 aromatic heterocycles. The zero-order chi connectivity index (χ0) is 39.5. The average molecular weight is 761 g/mol.